The fourth-order valence-electron chi connectivity index (χ4n) is 2.21. The van der Waals surface area contributed by atoms with Gasteiger partial charge in [0.15, 0.2) is 0 Å². The van der Waals surface area contributed by atoms with Crippen LogP contribution in [0.2, 0.25) is 0 Å². The molecule has 1 fully saturated rings. The largest absolute Gasteiger partial charge is 0.497 e. The third-order valence-corrected chi connectivity index (χ3v) is 3.43. The number of ether oxygens (including phenoxy) is 2. The Morgan fingerprint density at radius 2 is 1.94 bits per heavy atom. The zero-order valence-electron chi connectivity index (χ0n) is 10.7. The van der Waals surface area contributed by atoms with Crippen LogP contribution in [0, 0.1) is 0 Å². The summed E-state index contributed by atoms with van der Waals surface area (Å²) in [5, 5.41) is 10.0. The van der Waals surface area contributed by atoms with Crippen molar-refractivity contribution in [2.75, 3.05) is 14.2 Å². The maximum absolute atomic E-state index is 10.0. The average molecular weight is 236 g/mol. The standard InChI is InChI=1S/C14H20O3/c1-4-12-10(9-14(15)5-6-14)7-11(16-2)8-13(12)17-3/h7-8,15H,4-6,9H2,1-3H3. The van der Waals surface area contributed by atoms with Crippen molar-refractivity contribution in [3.63, 3.8) is 0 Å². The van der Waals surface area contributed by atoms with Crippen molar-refractivity contribution in [3.05, 3.63) is 23.3 Å². The number of hydrogen-bond donors (Lipinski definition) is 1. The van der Waals surface area contributed by atoms with Crippen LogP contribution in [0.3, 0.4) is 0 Å². The fourth-order valence-corrected chi connectivity index (χ4v) is 2.21. The van der Waals surface area contributed by atoms with Gasteiger partial charge in [-0.3, -0.25) is 0 Å². The minimum Gasteiger partial charge on any atom is -0.497 e. The van der Waals surface area contributed by atoms with Crippen molar-refractivity contribution < 1.29 is 14.6 Å². The Morgan fingerprint density at radius 1 is 1.24 bits per heavy atom. The van der Waals surface area contributed by atoms with E-state index in [2.05, 4.69) is 6.92 Å². The van der Waals surface area contributed by atoms with E-state index >= 15 is 0 Å². The molecule has 1 saturated carbocycles. The molecule has 0 aromatic heterocycles. The van der Waals surface area contributed by atoms with Gasteiger partial charge in [0.25, 0.3) is 0 Å². The second kappa shape index (κ2) is 4.57. The van der Waals surface area contributed by atoms with Crippen LogP contribution in [0.1, 0.15) is 30.9 Å². The summed E-state index contributed by atoms with van der Waals surface area (Å²) in [6, 6.07) is 3.91. The monoisotopic (exact) mass is 236 g/mol. The highest BCUT2D eigenvalue weighted by molar-refractivity contribution is 5.47. The zero-order valence-corrected chi connectivity index (χ0v) is 10.7. The first-order valence-corrected chi connectivity index (χ1v) is 6.08. The van der Waals surface area contributed by atoms with Gasteiger partial charge in [-0.25, -0.2) is 0 Å². The van der Waals surface area contributed by atoms with Crippen LogP contribution < -0.4 is 9.47 Å². The number of hydrogen-bond acceptors (Lipinski definition) is 3. The molecule has 0 atom stereocenters. The van der Waals surface area contributed by atoms with E-state index in [-0.39, 0.29) is 0 Å². The minimum absolute atomic E-state index is 0.485. The van der Waals surface area contributed by atoms with Gasteiger partial charge in [0.2, 0.25) is 0 Å². The van der Waals surface area contributed by atoms with Crippen LogP contribution in [0.25, 0.3) is 0 Å². The quantitative estimate of drug-likeness (QED) is 0.852. The summed E-state index contributed by atoms with van der Waals surface area (Å²) < 4.78 is 10.7. The van der Waals surface area contributed by atoms with Gasteiger partial charge in [0.1, 0.15) is 11.5 Å². The van der Waals surface area contributed by atoms with Crippen LogP contribution in [0.4, 0.5) is 0 Å². The van der Waals surface area contributed by atoms with Gasteiger partial charge in [-0.2, -0.15) is 0 Å². The van der Waals surface area contributed by atoms with Gasteiger partial charge in [-0.1, -0.05) is 6.92 Å². The molecule has 0 unspecified atom stereocenters. The number of methoxy groups -OCH3 is 2. The highest BCUT2D eigenvalue weighted by atomic mass is 16.5. The molecule has 0 spiro atoms. The van der Waals surface area contributed by atoms with Gasteiger partial charge in [-0.15, -0.1) is 0 Å². The Morgan fingerprint density at radius 3 is 2.41 bits per heavy atom. The molecule has 1 aromatic carbocycles. The van der Waals surface area contributed by atoms with Gasteiger partial charge in [0, 0.05) is 12.5 Å². The first-order valence-electron chi connectivity index (χ1n) is 6.08. The Labute approximate surface area is 102 Å². The van der Waals surface area contributed by atoms with Crippen molar-refractivity contribution in [3.8, 4) is 11.5 Å². The zero-order chi connectivity index (χ0) is 12.5. The maximum Gasteiger partial charge on any atom is 0.126 e. The van der Waals surface area contributed by atoms with Crippen molar-refractivity contribution >= 4 is 0 Å². The SMILES string of the molecule is CCc1c(CC2(O)CC2)cc(OC)cc1OC. The summed E-state index contributed by atoms with van der Waals surface area (Å²) in [5.74, 6) is 1.64. The minimum atomic E-state index is -0.485. The molecule has 0 bridgehead atoms. The number of rotatable bonds is 5. The van der Waals surface area contributed by atoms with Crippen molar-refractivity contribution in [2.24, 2.45) is 0 Å². The highest BCUT2D eigenvalue weighted by Gasteiger charge is 2.40. The number of aliphatic hydroxyl groups is 1. The Hall–Kier alpha value is -1.22. The lowest BCUT2D eigenvalue weighted by molar-refractivity contribution is 0.150. The molecular weight excluding hydrogens is 216 g/mol. The molecule has 94 valence electrons. The van der Waals surface area contributed by atoms with Crippen LogP contribution >= 0.6 is 0 Å². The average Bonchev–Trinajstić information content (AvgIpc) is 3.05. The summed E-state index contributed by atoms with van der Waals surface area (Å²) >= 11 is 0. The molecule has 2 rings (SSSR count). The molecule has 0 heterocycles. The smallest absolute Gasteiger partial charge is 0.126 e. The van der Waals surface area contributed by atoms with E-state index < -0.39 is 5.60 Å². The summed E-state index contributed by atoms with van der Waals surface area (Å²) in [7, 11) is 3.32. The molecule has 0 radical (unpaired) electrons. The van der Waals surface area contributed by atoms with E-state index in [1.165, 1.54) is 5.56 Å². The van der Waals surface area contributed by atoms with Crippen LogP contribution in [0.15, 0.2) is 12.1 Å². The lowest BCUT2D eigenvalue weighted by Crippen LogP contribution is -2.13. The molecule has 0 aliphatic heterocycles. The fraction of sp³-hybridized carbons (Fsp3) is 0.571. The van der Waals surface area contributed by atoms with Crippen LogP contribution in [0.5, 0.6) is 11.5 Å². The molecule has 1 aromatic rings. The number of benzene rings is 1. The highest BCUT2D eigenvalue weighted by Crippen LogP contribution is 2.41. The van der Waals surface area contributed by atoms with E-state index in [4.69, 9.17) is 9.47 Å². The molecule has 17 heavy (non-hydrogen) atoms. The topological polar surface area (TPSA) is 38.7 Å². The second-order valence-electron chi connectivity index (χ2n) is 4.72. The van der Waals surface area contributed by atoms with Gasteiger partial charge in [-0.05, 0) is 36.5 Å². The molecule has 1 aliphatic rings. The van der Waals surface area contributed by atoms with Crippen molar-refractivity contribution in [1.82, 2.24) is 0 Å². The van der Waals surface area contributed by atoms with E-state index in [0.29, 0.717) is 6.42 Å². The third-order valence-electron chi connectivity index (χ3n) is 3.43. The van der Waals surface area contributed by atoms with E-state index in [0.717, 1.165) is 36.3 Å². The van der Waals surface area contributed by atoms with Crippen molar-refractivity contribution in [1.29, 1.82) is 0 Å². The Bertz CT molecular complexity index is 408. The molecule has 1 aliphatic carbocycles. The first kappa shape index (κ1) is 12.2. The summed E-state index contributed by atoms with van der Waals surface area (Å²) in [6.45, 7) is 2.10. The van der Waals surface area contributed by atoms with Crippen LogP contribution in [-0.2, 0) is 12.8 Å². The van der Waals surface area contributed by atoms with Gasteiger partial charge in [0.05, 0.1) is 19.8 Å². The van der Waals surface area contributed by atoms with Gasteiger partial charge < -0.3 is 14.6 Å². The molecule has 1 N–H and O–H groups in total. The predicted octanol–water partition coefficient (Wildman–Crippen LogP) is 2.33. The van der Waals surface area contributed by atoms with Crippen LogP contribution in [-0.4, -0.2) is 24.9 Å². The predicted molar refractivity (Wildman–Crippen MR) is 66.8 cm³/mol. The van der Waals surface area contributed by atoms with E-state index in [1.807, 2.05) is 12.1 Å². The lowest BCUT2D eigenvalue weighted by Gasteiger charge is -2.17. The molecule has 3 nitrogen and oxygen atoms in total. The maximum atomic E-state index is 10.0. The van der Waals surface area contributed by atoms with E-state index in [1.54, 1.807) is 14.2 Å². The summed E-state index contributed by atoms with van der Waals surface area (Å²) in [6.07, 6.45) is 3.40. The summed E-state index contributed by atoms with van der Waals surface area (Å²) in [4.78, 5) is 0. The Kier molecular flexibility index (Phi) is 3.29. The normalized spacial score (nSPS) is 16.7. The summed E-state index contributed by atoms with van der Waals surface area (Å²) in [5.41, 5.74) is 1.83. The lowest BCUT2D eigenvalue weighted by atomic mass is 9.97. The van der Waals surface area contributed by atoms with Gasteiger partial charge >= 0.3 is 0 Å². The second-order valence-corrected chi connectivity index (χ2v) is 4.72. The molecule has 0 saturated heterocycles. The van der Waals surface area contributed by atoms with E-state index in [9.17, 15) is 5.11 Å². The molecule has 0 amide bonds. The Balaban J connectivity index is 2.38. The first-order chi connectivity index (χ1) is 8.11. The molecular formula is C14H20O3. The molecule has 3 heteroatoms. The van der Waals surface area contributed by atoms with Crippen molar-refractivity contribution in [2.45, 2.75) is 38.2 Å². The third kappa shape index (κ3) is 2.55.